The number of anilines is 1. The maximum absolute atomic E-state index is 14.0. The summed E-state index contributed by atoms with van der Waals surface area (Å²) in [6.45, 7) is 2.85. The van der Waals surface area contributed by atoms with Crippen LogP contribution in [0.4, 0.5) is 10.1 Å². The van der Waals surface area contributed by atoms with E-state index in [1.807, 2.05) is 6.07 Å². The highest BCUT2D eigenvalue weighted by Gasteiger charge is 2.23. The van der Waals surface area contributed by atoms with Gasteiger partial charge in [-0.1, -0.05) is 36.4 Å². The second-order valence-electron chi connectivity index (χ2n) is 8.35. The Morgan fingerprint density at radius 3 is 2.54 bits per heavy atom. The second-order valence-corrected chi connectivity index (χ2v) is 10.0. The molecule has 1 saturated heterocycles. The van der Waals surface area contributed by atoms with Crippen LogP contribution in [0.3, 0.4) is 0 Å². The number of hydrogen-bond acceptors (Lipinski definition) is 5. The summed E-state index contributed by atoms with van der Waals surface area (Å²) < 4.78 is 47.8. The third kappa shape index (κ3) is 5.98. The lowest BCUT2D eigenvalue weighted by atomic mass is 10.2. The Morgan fingerprint density at radius 2 is 1.74 bits per heavy atom. The van der Waals surface area contributed by atoms with E-state index in [2.05, 4.69) is 9.62 Å². The van der Waals surface area contributed by atoms with Crippen LogP contribution in [0.2, 0.25) is 0 Å². The van der Waals surface area contributed by atoms with Gasteiger partial charge < -0.3 is 9.64 Å². The van der Waals surface area contributed by atoms with E-state index in [-0.39, 0.29) is 16.6 Å². The van der Waals surface area contributed by atoms with Crippen molar-refractivity contribution in [3.63, 3.8) is 0 Å². The van der Waals surface area contributed by atoms with Crippen molar-refractivity contribution in [2.75, 3.05) is 38.0 Å². The number of methoxy groups -OCH3 is 1. The van der Waals surface area contributed by atoms with Gasteiger partial charge in [-0.25, -0.2) is 12.8 Å². The molecule has 4 rings (SSSR count). The Bertz CT molecular complexity index is 1300. The van der Waals surface area contributed by atoms with Gasteiger partial charge in [-0.3, -0.25) is 14.4 Å². The van der Waals surface area contributed by atoms with Crippen LogP contribution < -0.4 is 9.46 Å². The minimum atomic E-state index is -3.93. The van der Waals surface area contributed by atoms with Crippen molar-refractivity contribution in [2.24, 2.45) is 0 Å². The van der Waals surface area contributed by atoms with Crippen molar-refractivity contribution in [3.05, 3.63) is 89.7 Å². The molecule has 1 aliphatic heterocycles. The molecule has 1 amide bonds. The van der Waals surface area contributed by atoms with E-state index in [4.69, 9.17) is 4.74 Å². The van der Waals surface area contributed by atoms with E-state index in [0.717, 1.165) is 13.0 Å². The van der Waals surface area contributed by atoms with Crippen LogP contribution in [0.5, 0.6) is 5.75 Å². The van der Waals surface area contributed by atoms with E-state index in [1.165, 1.54) is 25.3 Å². The fourth-order valence-electron chi connectivity index (χ4n) is 4.11. The highest BCUT2D eigenvalue weighted by molar-refractivity contribution is 7.92. The van der Waals surface area contributed by atoms with Crippen LogP contribution in [0, 0.1) is 5.82 Å². The molecule has 0 unspecified atom stereocenters. The van der Waals surface area contributed by atoms with Crippen molar-refractivity contribution in [1.29, 1.82) is 0 Å². The number of nitrogens with zero attached hydrogens (tertiary/aromatic N) is 2. The van der Waals surface area contributed by atoms with E-state index in [0.29, 0.717) is 48.7 Å². The summed E-state index contributed by atoms with van der Waals surface area (Å²) in [6, 6.07) is 19.4. The maximum Gasteiger partial charge on any atom is 0.262 e. The molecule has 0 saturated carbocycles. The fourth-order valence-corrected chi connectivity index (χ4v) is 5.23. The first-order valence-electron chi connectivity index (χ1n) is 11.4. The SMILES string of the molecule is COc1ccccc1NS(=O)(=O)c1cccc(C(=O)N2CCCN(Cc3ccccc3F)CC2)c1. The number of halogens is 1. The van der Waals surface area contributed by atoms with Gasteiger partial charge in [0.15, 0.2) is 0 Å². The maximum atomic E-state index is 14.0. The Kier molecular flexibility index (Phi) is 7.67. The van der Waals surface area contributed by atoms with E-state index < -0.39 is 10.0 Å². The number of carbonyl (C=O) groups excluding carboxylic acids is 1. The second kappa shape index (κ2) is 10.9. The number of rotatable bonds is 7. The molecule has 3 aromatic rings. The number of carbonyl (C=O) groups is 1. The first-order valence-corrected chi connectivity index (χ1v) is 12.9. The number of nitrogens with one attached hydrogen (secondary N) is 1. The number of sulfonamides is 1. The van der Waals surface area contributed by atoms with Crippen LogP contribution >= 0.6 is 0 Å². The lowest BCUT2D eigenvalue weighted by Crippen LogP contribution is -2.35. The highest BCUT2D eigenvalue weighted by atomic mass is 32.2. The fraction of sp³-hybridized carbons (Fsp3) is 0.269. The number of ether oxygens (including phenoxy) is 1. The van der Waals surface area contributed by atoms with Crippen molar-refractivity contribution < 1.29 is 22.3 Å². The summed E-state index contributed by atoms with van der Waals surface area (Å²) in [6.07, 6.45) is 0.744. The molecule has 0 spiro atoms. The Labute approximate surface area is 205 Å². The minimum Gasteiger partial charge on any atom is -0.495 e. The predicted octanol–water partition coefficient (Wildman–Crippen LogP) is 3.98. The molecule has 0 bridgehead atoms. The molecule has 0 aromatic heterocycles. The number of amides is 1. The number of benzene rings is 3. The molecule has 0 radical (unpaired) electrons. The molecule has 1 N–H and O–H groups in total. The zero-order chi connectivity index (χ0) is 24.8. The van der Waals surface area contributed by atoms with Crippen LogP contribution in [0.15, 0.2) is 77.7 Å². The smallest absolute Gasteiger partial charge is 0.262 e. The average molecular weight is 498 g/mol. The Balaban J connectivity index is 1.45. The molecule has 3 aromatic carbocycles. The van der Waals surface area contributed by atoms with Gasteiger partial charge in [0.05, 0.1) is 17.7 Å². The third-order valence-corrected chi connectivity index (χ3v) is 7.33. The van der Waals surface area contributed by atoms with E-state index >= 15 is 0 Å². The molecule has 7 nitrogen and oxygen atoms in total. The standard InChI is InChI=1S/C26H28FN3O4S/c1-34-25-13-5-4-12-24(25)28-35(32,33)22-10-6-9-20(18-22)26(31)30-15-7-14-29(16-17-30)19-21-8-2-3-11-23(21)27/h2-6,8-13,18,28H,7,14-17,19H2,1H3. The van der Waals surface area contributed by atoms with Gasteiger partial charge in [0.2, 0.25) is 0 Å². The van der Waals surface area contributed by atoms with Gasteiger partial charge in [0, 0.05) is 43.9 Å². The normalized spacial score (nSPS) is 14.9. The van der Waals surface area contributed by atoms with Gasteiger partial charge in [-0.05, 0) is 42.8 Å². The zero-order valence-corrected chi connectivity index (χ0v) is 20.3. The lowest BCUT2D eigenvalue weighted by molar-refractivity contribution is 0.0760. The topological polar surface area (TPSA) is 78.9 Å². The van der Waals surface area contributed by atoms with Gasteiger partial charge in [0.1, 0.15) is 11.6 Å². The van der Waals surface area contributed by atoms with Crippen molar-refractivity contribution in [3.8, 4) is 5.75 Å². The van der Waals surface area contributed by atoms with E-state index in [9.17, 15) is 17.6 Å². The van der Waals surface area contributed by atoms with Gasteiger partial charge in [-0.15, -0.1) is 0 Å². The first-order chi connectivity index (χ1) is 16.9. The van der Waals surface area contributed by atoms with Crippen LogP contribution in [0.1, 0.15) is 22.3 Å². The molecule has 1 heterocycles. The molecule has 1 aliphatic rings. The average Bonchev–Trinajstić information content (AvgIpc) is 3.11. The summed E-state index contributed by atoms with van der Waals surface area (Å²) in [5, 5.41) is 0. The molecule has 9 heteroatoms. The van der Waals surface area contributed by atoms with E-state index in [1.54, 1.807) is 53.4 Å². The summed E-state index contributed by atoms with van der Waals surface area (Å²) in [5.74, 6) is -0.0654. The molecule has 35 heavy (non-hydrogen) atoms. The molecular formula is C26H28FN3O4S. The van der Waals surface area contributed by atoms with Crippen molar-refractivity contribution in [2.45, 2.75) is 17.9 Å². The van der Waals surface area contributed by atoms with Crippen molar-refractivity contribution >= 4 is 21.6 Å². The monoisotopic (exact) mass is 497 g/mol. The Morgan fingerprint density at radius 1 is 0.971 bits per heavy atom. The van der Waals surface area contributed by atoms with Gasteiger partial charge in [-0.2, -0.15) is 0 Å². The Hall–Kier alpha value is -3.43. The van der Waals surface area contributed by atoms with Gasteiger partial charge >= 0.3 is 0 Å². The predicted molar refractivity (Wildman–Crippen MR) is 132 cm³/mol. The summed E-state index contributed by atoms with van der Waals surface area (Å²) in [5.41, 5.74) is 1.25. The van der Waals surface area contributed by atoms with Crippen LogP contribution in [-0.4, -0.2) is 57.4 Å². The van der Waals surface area contributed by atoms with Crippen LogP contribution in [-0.2, 0) is 16.6 Å². The quantitative estimate of drug-likeness (QED) is 0.534. The molecule has 1 fully saturated rings. The molecule has 0 atom stereocenters. The lowest BCUT2D eigenvalue weighted by Gasteiger charge is -2.22. The first kappa shape index (κ1) is 24.7. The largest absolute Gasteiger partial charge is 0.495 e. The molecule has 0 aliphatic carbocycles. The van der Waals surface area contributed by atoms with Crippen molar-refractivity contribution in [1.82, 2.24) is 9.80 Å². The van der Waals surface area contributed by atoms with Crippen LogP contribution in [0.25, 0.3) is 0 Å². The minimum absolute atomic E-state index is 0.00902. The van der Waals surface area contributed by atoms with Gasteiger partial charge in [0.25, 0.3) is 15.9 Å². The molecule has 184 valence electrons. The number of hydrogen-bond donors (Lipinski definition) is 1. The summed E-state index contributed by atoms with van der Waals surface area (Å²) in [7, 11) is -2.47. The zero-order valence-electron chi connectivity index (χ0n) is 19.5. The summed E-state index contributed by atoms with van der Waals surface area (Å²) >= 11 is 0. The third-order valence-electron chi connectivity index (χ3n) is 5.97. The number of para-hydroxylation sites is 2. The summed E-state index contributed by atoms with van der Waals surface area (Å²) in [4.78, 5) is 17.1. The highest BCUT2D eigenvalue weighted by Crippen LogP contribution is 2.26. The molecular weight excluding hydrogens is 469 g/mol.